The average Bonchev–Trinajstić information content (AvgIpc) is 3.02. The number of methoxy groups -OCH3 is 5. The Morgan fingerprint density at radius 1 is 1.02 bits per heavy atom. The van der Waals surface area contributed by atoms with E-state index in [1.807, 2.05) is 63.4 Å². The van der Waals surface area contributed by atoms with E-state index >= 15 is 0 Å². The second kappa shape index (κ2) is 20.1. The normalized spacial score (nSPS) is 17.0. The first kappa shape index (κ1) is 43.4. The molecule has 8 heteroatoms. The Morgan fingerprint density at radius 2 is 1.67 bits per heavy atom. The number of benzene rings is 1. The Bertz CT molecular complexity index is 1260. The predicted molar refractivity (Wildman–Crippen MR) is 206 cm³/mol. The molecular formula is C40H67NO6Si. The molecule has 2 N–H and O–H groups in total. The molecule has 0 spiro atoms. The lowest BCUT2D eigenvalue weighted by molar-refractivity contribution is -0.0616. The number of hydrogen-bond acceptors (Lipinski definition) is 7. The van der Waals surface area contributed by atoms with Crippen molar-refractivity contribution in [1.82, 2.24) is 0 Å². The zero-order valence-electron chi connectivity index (χ0n) is 32.5. The van der Waals surface area contributed by atoms with Gasteiger partial charge in [0.2, 0.25) is 0 Å². The third-order valence-electron chi connectivity index (χ3n) is 9.94. The average molecular weight is 686 g/mol. The first-order valence-electron chi connectivity index (χ1n) is 17.1. The summed E-state index contributed by atoms with van der Waals surface area (Å²) < 4.78 is 29.7. The van der Waals surface area contributed by atoms with Crippen LogP contribution in [0.15, 0.2) is 72.5 Å². The molecule has 48 heavy (non-hydrogen) atoms. The Hall–Kier alpha value is -2.62. The highest BCUT2D eigenvalue weighted by Crippen LogP contribution is 2.45. The fourth-order valence-electron chi connectivity index (χ4n) is 6.18. The monoisotopic (exact) mass is 685 g/mol. The van der Waals surface area contributed by atoms with Gasteiger partial charge in [0.1, 0.15) is 11.5 Å². The third-order valence-corrected chi connectivity index (χ3v) is 13.5. The van der Waals surface area contributed by atoms with Gasteiger partial charge in [-0.1, -0.05) is 70.2 Å². The zero-order valence-corrected chi connectivity index (χ0v) is 33.5. The number of allylic oxidation sites excluding steroid dienone is 4. The van der Waals surface area contributed by atoms with E-state index in [9.17, 15) is 4.80 Å². The van der Waals surface area contributed by atoms with Crippen molar-refractivity contribution in [3.8, 4) is 11.5 Å². The highest BCUT2D eigenvalue weighted by Gasteiger charge is 2.41. The van der Waals surface area contributed by atoms with E-state index < -0.39 is 8.32 Å². The molecule has 0 radical (unpaired) electrons. The standard InChI is InChI=1S/C40H67NO6Si/c1-17-19-20-28(4)31(7)41-35-25-33(43-10)24-32(39(35)47-14)21-27(3)22-37(45-12)38(46-13)30(6)23-29(5)34(36(18-2)44-11)26-40(8,9)48(15,16)42/h17-20,23-25,27,30,34,36-38,41-42H,2,7,21-22,26H2,1,3-6,8-16H3/b19-17+,28-20+,29-23+/t27-,30+,34+,36+,37+,38-/m1/s1. The van der Waals surface area contributed by atoms with Crippen molar-refractivity contribution >= 4 is 14.0 Å². The van der Waals surface area contributed by atoms with Crippen LogP contribution in [0.4, 0.5) is 5.69 Å². The van der Waals surface area contributed by atoms with Gasteiger partial charge in [0, 0.05) is 50.5 Å². The van der Waals surface area contributed by atoms with Gasteiger partial charge >= 0.3 is 0 Å². The molecule has 0 aromatic heterocycles. The molecule has 0 aliphatic rings. The van der Waals surface area contributed by atoms with Crippen LogP contribution in [0.2, 0.25) is 18.1 Å². The minimum absolute atomic E-state index is 0.0616. The van der Waals surface area contributed by atoms with E-state index in [1.54, 1.807) is 35.5 Å². The number of anilines is 1. The number of rotatable bonds is 22. The molecule has 7 nitrogen and oxygen atoms in total. The molecule has 0 aliphatic heterocycles. The van der Waals surface area contributed by atoms with Crippen LogP contribution in [-0.4, -0.2) is 67.0 Å². The first-order valence-corrected chi connectivity index (χ1v) is 20.0. The number of ether oxygens (including phenoxy) is 5. The molecule has 1 rings (SSSR count). The van der Waals surface area contributed by atoms with Crippen LogP contribution < -0.4 is 14.8 Å². The van der Waals surface area contributed by atoms with E-state index in [1.165, 1.54) is 5.57 Å². The summed E-state index contributed by atoms with van der Waals surface area (Å²) in [6, 6.07) is 3.98. The minimum Gasteiger partial charge on any atom is -0.497 e. The molecule has 0 heterocycles. The van der Waals surface area contributed by atoms with Crippen molar-refractivity contribution in [3.63, 3.8) is 0 Å². The lowest BCUT2D eigenvalue weighted by Crippen LogP contribution is -2.42. The van der Waals surface area contributed by atoms with Crippen LogP contribution in [-0.2, 0) is 20.6 Å². The first-order chi connectivity index (χ1) is 22.4. The molecule has 0 saturated carbocycles. The minimum atomic E-state index is -2.43. The molecule has 6 atom stereocenters. The molecule has 272 valence electrons. The van der Waals surface area contributed by atoms with Gasteiger partial charge in [-0.15, -0.1) is 6.58 Å². The molecule has 0 amide bonds. The van der Waals surface area contributed by atoms with Crippen LogP contribution in [0.25, 0.3) is 0 Å². The quantitative estimate of drug-likeness (QED) is 0.0715. The van der Waals surface area contributed by atoms with Crippen LogP contribution in [0.5, 0.6) is 11.5 Å². The molecular weight excluding hydrogens is 619 g/mol. The Labute approximate surface area is 294 Å². The van der Waals surface area contributed by atoms with Crippen molar-refractivity contribution in [2.75, 3.05) is 40.9 Å². The van der Waals surface area contributed by atoms with E-state index in [0.29, 0.717) is 0 Å². The van der Waals surface area contributed by atoms with Crippen LogP contribution in [0.3, 0.4) is 0 Å². The molecule has 0 aliphatic carbocycles. The van der Waals surface area contributed by atoms with Crippen molar-refractivity contribution in [2.45, 2.75) is 104 Å². The van der Waals surface area contributed by atoms with Gasteiger partial charge < -0.3 is 33.8 Å². The maximum absolute atomic E-state index is 11.1. The maximum atomic E-state index is 11.1. The zero-order chi connectivity index (χ0) is 36.8. The van der Waals surface area contributed by atoms with Gasteiger partial charge in [-0.2, -0.15) is 0 Å². The Kier molecular flexibility index (Phi) is 18.2. The van der Waals surface area contributed by atoms with Gasteiger partial charge in [-0.3, -0.25) is 0 Å². The van der Waals surface area contributed by atoms with Crippen LogP contribution in [0.1, 0.15) is 66.9 Å². The van der Waals surface area contributed by atoms with E-state index in [2.05, 4.69) is 59.2 Å². The summed E-state index contributed by atoms with van der Waals surface area (Å²) in [6.45, 7) is 27.2. The van der Waals surface area contributed by atoms with Crippen molar-refractivity contribution in [1.29, 1.82) is 0 Å². The predicted octanol–water partition coefficient (Wildman–Crippen LogP) is 9.52. The number of nitrogens with one attached hydrogen (secondary N) is 1. The summed E-state index contributed by atoms with van der Waals surface area (Å²) in [7, 11) is 6.17. The molecule has 0 fully saturated rings. The fourth-order valence-corrected chi connectivity index (χ4v) is 6.90. The van der Waals surface area contributed by atoms with Gasteiger partial charge in [-0.25, -0.2) is 0 Å². The van der Waals surface area contributed by atoms with Crippen LogP contribution >= 0.6 is 0 Å². The summed E-state index contributed by atoms with van der Waals surface area (Å²) in [4.78, 5) is 11.1. The Balaban J connectivity index is 3.33. The molecule has 1 aromatic rings. The topological polar surface area (TPSA) is 78.4 Å². The van der Waals surface area contributed by atoms with Gasteiger partial charge in [0.15, 0.2) is 8.32 Å². The highest BCUT2D eigenvalue weighted by molar-refractivity contribution is 6.72. The second-order valence-corrected chi connectivity index (χ2v) is 18.8. The third kappa shape index (κ3) is 12.4. The lowest BCUT2D eigenvalue weighted by atomic mass is 9.82. The maximum Gasteiger partial charge on any atom is 0.188 e. The lowest BCUT2D eigenvalue weighted by Gasteiger charge is -2.40. The summed E-state index contributed by atoms with van der Waals surface area (Å²) >= 11 is 0. The van der Waals surface area contributed by atoms with Gasteiger partial charge in [0.05, 0.1) is 38.2 Å². The Morgan fingerprint density at radius 3 is 2.15 bits per heavy atom. The van der Waals surface area contributed by atoms with E-state index in [-0.39, 0.29) is 41.1 Å². The van der Waals surface area contributed by atoms with Crippen molar-refractivity contribution in [2.24, 2.45) is 17.8 Å². The largest absolute Gasteiger partial charge is 0.497 e. The molecule has 1 aromatic carbocycles. The van der Waals surface area contributed by atoms with Crippen molar-refractivity contribution in [3.05, 3.63) is 78.1 Å². The summed E-state index contributed by atoms with van der Waals surface area (Å²) in [5.74, 6) is 1.89. The fraction of sp³-hybridized carbons (Fsp3) is 0.600. The molecule has 0 bridgehead atoms. The van der Waals surface area contributed by atoms with Gasteiger partial charge in [0.25, 0.3) is 0 Å². The van der Waals surface area contributed by atoms with E-state index in [0.717, 1.165) is 53.3 Å². The van der Waals surface area contributed by atoms with Crippen molar-refractivity contribution < 1.29 is 28.5 Å². The highest BCUT2D eigenvalue weighted by atomic mass is 28.4. The summed E-state index contributed by atoms with van der Waals surface area (Å²) in [5, 5.41) is 3.22. The second-order valence-electron chi connectivity index (χ2n) is 14.3. The summed E-state index contributed by atoms with van der Waals surface area (Å²) in [5.41, 5.74) is 4.86. The molecule has 0 unspecified atom stereocenters. The van der Waals surface area contributed by atoms with E-state index in [4.69, 9.17) is 23.7 Å². The SMILES string of the molecule is C=C[C@H](OC)[C@@H](CC(C)(C)[Si](C)(C)O)/C(C)=C/[C@H](C)[C@@H](OC)[C@H](C[C@H](C)Cc1cc(OC)cc(NC(=C)/C(C)=C/C=C/C)c1OC)OC. The molecule has 0 saturated heterocycles. The number of hydrogen-bond donors (Lipinski definition) is 2. The summed E-state index contributed by atoms with van der Waals surface area (Å²) in [6.07, 6.45) is 12.0. The smallest absolute Gasteiger partial charge is 0.188 e. The van der Waals surface area contributed by atoms with Crippen LogP contribution in [0, 0.1) is 17.8 Å². The van der Waals surface area contributed by atoms with Gasteiger partial charge in [-0.05, 0) is 75.7 Å².